The first-order valence-electron chi connectivity index (χ1n) is 11.3. The van der Waals surface area contributed by atoms with Gasteiger partial charge in [-0.1, -0.05) is 25.4 Å². The Morgan fingerprint density at radius 2 is 1.91 bits per heavy atom. The molecule has 3 heterocycles. The zero-order valence-electron chi connectivity index (χ0n) is 19.4. The minimum atomic E-state index is -0.995. The van der Waals surface area contributed by atoms with Crippen LogP contribution in [0.5, 0.6) is 0 Å². The molecule has 4 aromatic rings. The number of halogens is 1. The van der Waals surface area contributed by atoms with Crippen LogP contribution in [-0.2, 0) is 6.54 Å². The van der Waals surface area contributed by atoms with Gasteiger partial charge in [0.1, 0.15) is 5.15 Å². The van der Waals surface area contributed by atoms with Gasteiger partial charge in [-0.3, -0.25) is 0 Å². The van der Waals surface area contributed by atoms with E-state index in [4.69, 9.17) is 11.6 Å². The van der Waals surface area contributed by atoms with Gasteiger partial charge >= 0.3 is 147 Å². The van der Waals surface area contributed by atoms with E-state index in [0.29, 0.717) is 23.2 Å². The van der Waals surface area contributed by atoms with Crippen molar-refractivity contribution in [2.45, 2.75) is 26.3 Å². The molecule has 0 aliphatic carbocycles. The summed E-state index contributed by atoms with van der Waals surface area (Å²) < 4.78 is 3.21. The van der Waals surface area contributed by atoms with Crippen LogP contribution in [0.1, 0.15) is 41.3 Å². The van der Waals surface area contributed by atoms with Gasteiger partial charge in [-0.05, 0) is 5.92 Å². The van der Waals surface area contributed by atoms with Crippen LogP contribution in [0.3, 0.4) is 0 Å². The van der Waals surface area contributed by atoms with Gasteiger partial charge in [-0.2, -0.15) is 9.61 Å². The number of nitrogens with zero attached hydrogens (tertiary/aromatic N) is 3. The summed E-state index contributed by atoms with van der Waals surface area (Å²) in [4.78, 5) is 17.3. The Morgan fingerprint density at radius 1 is 1.14 bits per heavy atom. The molecule has 1 aliphatic rings. The molecule has 1 fully saturated rings. The third-order valence-corrected chi connectivity index (χ3v) is 19.5. The van der Waals surface area contributed by atoms with E-state index in [-0.39, 0.29) is 5.91 Å². The van der Waals surface area contributed by atoms with Crippen LogP contribution < -0.4 is 15.0 Å². The Bertz CT molecular complexity index is 1360. The van der Waals surface area contributed by atoms with Gasteiger partial charge in [0.2, 0.25) is 0 Å². The second kappa shape index (κ2) is 10.9. The number of aromatic nitrogens is 3. The number of carbonyl (C=O) groups excluding carboxylic acids is 1. The fraction of sp³-hybridized carbons (Fsp3) is 0.240. The van der Waals surface area contributed by atoms with Crippen molar-refractivity contribution in [3.8, 4) is 0 Å². The van der Waals surface area contributed by atoms with Gasteiger partial charge in [0, 0.05) is 11.6 Å². The number of rotatable bonds is 7. The first-order chi connectivity index (χ1) is 17.0. The molecule has 0 bridgehead atoms. The fourth-order valence-corrected chi connectivity index (χ4v) is 18.1. The van der Waals surface area contributed by atoms with E-state index >= 15 is 0 Å². The van der Waals surface area contributed by atoms with E-state index in [9.17, 15) is 4.79 Å². The van der Waals surface area contributed by atoms with E-state index in [1.54, 1.807) is 10.6 Å². The molecular weight excluding hydrogens is 561 g/mol. The number of anilines is 2. The Kier molecular flexibility index (Phi) is 7.63. The average Bonchev–Trinajstić information content (AvgIpc) is 3.54. The minimum Gasteiger partial charge on any atom is -0.216 e. The molecule has 5 rings (SSSR count). The second-order valence-electron chi connectivity index (χ2n) is 8.43. The number of hydrogen-bond acceptors (Lipinski definition) is 6. The molecule has 0 unspecified atom stereocenters. The maximum Gasteiger partial charge on any atom is 0.162 e. The Labute approximate surface area is 220 Å². The number of amides is 1. The summed E-state index contributed by atoms with van der Waals surface area (Å²) in [6, 6.07) is 17.7. The van der Waals surface area contributed by atoms with Gasteiger partial charge in [0.25, 0.3) is 0 Å². The standard InChI is InChI=1S/C25H25AsClN5OS2/c1-16(2)21-15-29-32-23(13-22(27)31-24(21)32)28-14-17-4-3-5-18(12-17)25(33)30-20-8-6-19(7-9-20)26-34-10-11-35-26/h3-9,12-13,15-16,28H,10-11,14H2,1-2H3,(H,30,33). The van der Waals surface area contributed by atoms with Crippen LogP contribution in [0, 0.1) is 0 Å². The Morgan fingerprint density at radius 3 is 2.66 bits per heavy atom. The molecule has 0 spiro atoms. The summed E-state index contributed by atoms with van der Waals surface area (Å²) in [5.41, 5.74) is 4.21. The van der Waals surface area contributed by atoms with Gasteiger partial charge < -0.3 is 0 Å². The predicted octanol–water partition coefficient (Wildman–Crippen LogP) is 5.55. The molecule has 1 aliphatic heterocycles. The van der Waals surface area contributed by atoms with Crippen molar-refractivity contribution >= 4 is 71.4 Å². The van der Waals surface area contributed by atoms with E-state index in [0.717, 1.165) is 28.3 Å². The zero-order chi connectivity index (χ0) is 24.4. The monoisotopic (exact) mass is 585 g/mol. The third-order valence-electron chi connectivity index (χ3n) is 5.59. The molecule has 2 N–H and O–H groups in total. The van der Waals surface area contributed by atoms with Gasteiger partial charge in [-0.25, -0.2) is 4.98 Å². The van der Waals surface area contributed by atoms with Crippen LogP contribution in [0.2, 0.25) is 5.15 Å². The van der Waals surface area contributed by atoms with Crippen molar-refractivity contribution in [1.29, 1.82) is 0 Å². The molecule has 0 atom stereocenters. The quantitative estimate of drug-likeness (QED) is 0.219. The molecule has 180 valence electrons. The smallest absolute Gasteiger partial charge is 0.162 e. The topological polar surface area (TPSA) is 71.3 Å². The SMILES string of the molecule is CC(C)c1cnn2c(NCc3cccc(C(=O)Nc4ccc([As]5SCCS5)cc4)c3)cc(Cl)nc12. The Balaban J connectivity index is 1.27. The normalized spacial score (nSPS) is 14.1. The third kappa shape index (κ3) is 5.66. The predicted molar refractivity (Wildman–Crippen MR) is 151 cm³/mol. The summed E-state index contributed by atoms with van der Waals surface area (Å²) in [5.74, 6) is 3.44. The van der Waals surface area contributed by atoms with E-state index < -0.39 is 12.3 Å². The summed E-state index contributed by atoms with van der Waals surface area (Å²) in [6.07, 6.45) is 1.83. The first kappa shape index (κ1) is 24.6. The molecule has 0 saturated carbocycles. The van der Waals surface area contributed by atoms with Crippen LogP contribution in [0.4, 0.5) is 11.5 Å². The van der Waals surface area contributed by atoms with Crippen molar-refractivity contribution in [2.24, 2.45) is 0 Å². The van der Waals surface area contributed by atoms with Crippen LogP contribution in [0.15, 0.2) is 60.8 Å². The van der Waals surface area contributed by atoms with E-state index in [1.165, 1.54) is 15.9 Å². The largest absolute Gasteiger partial charge is 0.216 e. The van der Waals surface area contributed by atoms with Crippen molar-refractivity contribution < 1.29 is 4.79 Å². The molecule has 10 heteroatoms. The number of carbonyl (C=O) groups is 1. The van der Waals surface area contributed by atoms with Crippen molar-refractivity contribution in [2.75, 3.05) is 22.1 Å². The van der Waals surface area contributed by atoms with E-state index in [1.807, 2.05) is 42.6 Å². The maximum absolute atomic E-state index is 12.9. The number of fused-ring (bicyclic) bond motifs is 1. The fourth-order valence-electron chi connectivity index (χ4n) is 3.80. The van der Waals surface area contributed by atoms with Gasteiger partial charge in [-0.15, -0.1) is 0 Å². The number of nitrogens with one attached hydrogen (secondary N) is 2. The summed E-state index contributed by atoms with van der Waals surface area (Å²) in [5, 5.41) is 11.3. The average molecular weight is 586 g/mol. The molecule has 35 heavy (non-hydrogen) atoms. The molecule has 6 nitrogen and oxygen atoms in total. The first-order valence-corrected chi connectivity index (χ1v) is 19.1. The summed E-state index contributed by atoms with van der Waals surface area (Å²) in [6.45, 7) is 4.73. The molecule has 1 amide bonds. The minimum absolute atomic E-state index is 0.120. The molecule has 2 aromatic heterocycles. The van der Waals surface area contributed by atoms with Crippen LogP contribution in [-0.4, -0.2) is 44.3 Å². The summed E-state index contributed by atoms with van der Waals surface area (Å²) in [7, 11) is 4.24. The molecule has 1 saturated heterocycles. The van der Waals surface area contributed by atoms with Crippen molar-refractivity contribution in [1.82, 2.24) is 14.6 Å². The Hall–Kier alpha value is -2.12. The van der Waals surface area contributed by atoms with Gasteiger partial charge in [0.15, 0.2) is 5.65 Å². The van der Waals surface area contributed by atoms with Crippen molar-refractivity contribution in [3.63, 3.8) is 0 Å². The van der Waals surface area contributed by atoms with E-state index in [2.05, 4.69) is 66.7 Å². The van der Waals surface area contributed by atoms with Gasteiger partial charge in [0.05, 0.1) is 6.20 Å². The molecule has 2 aromatic carbocycles. The number of benzene rings is 2. The maximum atomic E-state index is 12.9. The molecular formula is C25H25AsClN5OS2. The molecule has 0 radical (unpaired) electrons. The second-order valence-corrected chi connectivity index (χ2v) is 20.6. The number of hydrogen-bond donors (Lipinski definition) is 2. The summed E-state index contributed by atoms with van der Waals surface area (Å²) >= 11 is 5.29. The van der Waals surface area contributed by atoms with Crippen LogP contribution >= 0.6 is 31.6 Å². The zero-order valence-corrected chi connectivity index (χ0v) is 23.6. The van der Waals surface area contributed by atoms with Crippen LogP contribution in [0.25, 0.3) is 5.65 Å². The van der Waals surface area contributed by atoms with Crippen molar-refractivity contribution in [3.05, 3.63) is 82.6 Å².